The number of nitrogens with zero attached hydrogens (tertiary/aromatic N) is 2. The first-order valence-electron chi connectivity index (χ1n) is 6.65. The van der Waals surface area contributed by atoms with Crippen molar-refractivity contribution >= 4 is 5.69 Å². The Balaban J connectivity index is 1.98. The van der Waals surface area contributed by atoms with Crippen LogP contribution in [0.1, 0.15) is 12.8 Å². The first-order valence-corrected chi connectivity index (χ1v) is 6.65. The van der Waals surface area contributed by atoms with Crippen LogP contribution in [0.5, 0.6) is 0 Å². The zero-order valence-electron chi connectivity index (χ0n) is 11.6. The summed E-state index contributed by atoms with van der Waals surface area (Å²) in [5.74, 6) is 0.521. The van der Waals surface area contributed by atoms with Crippen LogP contribution in [0.3, 0.4) is 0 Å². The molecule has 0 spiro atoms. The minimum atomic E-state index is 0.262. The van der Waals surface area contributed by atoms with Crippen molar-refractivity contribution in [1.29, 1.82) is 0 Å². The van der Waals surface area contributed by atoms with Gasteiger partial charge in [0, 0.05) is 24.4 Å². The lowest BCUT2D eigenvalue weighted by atomic mass is 10.1. The molecule has 0 radical (unpaired) electrons. The van der Waals surface area contributed by atoms with E-state index < -0.39 is 0 Å². The monoisotopic (exact) mass is 276 g/mol. The molecule has 2 aromatic rings. The Morgan fingerprint density at radius 3 is 2.75 bits per heavy atom. The second kappa shape index (κ2) is 7.62. The Morgan fingerprint density at radius 2 is 2.15 bits per heavy atom. The van der Waals surface area contributed by atoms with E-state index in [4.69, 9.17) is 14.9 Å². The molecule has 0 fully saturated rings. The number of aromatic nitrogens is 2. The standard InChI is InChI=1S/C14H20N4O2/c1-19-9-13(3-2-8-15)17-12-6-4-11(5-7-12)14-18-16-10-20-14/h4-7,10,13,17H,2-3,8-9,15H2,1H3. The molecular formula is C14H20N4O2. The number of hydrogen-bond acceptors (Lipinski definition) is 6. The van der Waals surface area contributed by atoms with Crippen LogP contribution in [-0.2, 0) is 4.74 Å². The minimum Gasteiger partial charge on any atom is -0.423 e. The van der Waals surface area contributed by atoms with Crippen LogP contribution in [-0.4, -0.2) is 36.5 Å². The SMILES string of the molecule is COCC(CCCN)Nc1ccc(-c2nnco2)cc1. The Bertz CT molecular complexity index is 484. The van der Waals surface area contributed by atoms with Gasteiger partial charge in [-0.15, -0.1) is 10.2 Å². The van der Waals surface area contributed by atoms with Crippen molar-refractivity contribution in [3.05, 3.63) is 30.7 Å². The van der Waals surface area contributed by atoms with Crippen molar-refractivity contribution in [3.8, 4) is 11.5 Å². The molecule has 0 aliphatic carbocycles. The minimum absolute atomic E-state index is 0.262. The highest BCUT2D eigenvalue weighted by molar-refractivity contribution is 5.58. The van der Waals surface area contributed by atoms with Gasteiger partial charge < -0.3 is 20.2 Å². The molecule has 0 saturated heterocycles. The van der Waals surface area contributed by atoms with Crippen LogP contribution in [0.2, 0.25) is 0 Å². The summed E-state index contributed by atoms with van der Waals surface area (Å²) in [5.41, 5.74) is 7.48. The second-order valence-electron chi connectivity index (χ2n) is 4.55. The van der Waals surface area contributed by atoms with Gasteiger partial charge in [0.25, 0.3) is 0 Å². The average Bonchev–Trinajstić information content (AvgIpc) is 3.00. The van der Waals surface area contributed by atoms with E-state index in [9.17, 15) is 0 Å². The van der Waals surface area contributed by atoms with Crippen LogP contribution in [0.25, 0.3) is 11.5 Å². The summed E-state index contributed by atoms with van der Waals surface area (Å²) in [6.45, 7) is 1.35. The largest absolute Gasteiger partial charge is 0.423 e. The molecule has 108 valence electrons. The summed E-state index contributed by atoms with van der Waals surface area (Å²) in [4.78, 5) is 0. The maximum absolute atomic E-state index is 5.55. The summed E-state index contributed by atoms with van der Waals surface area (Å²) < 4.78 is 10.4. The normalized spacial score (nSPS) is 12.3. The molecule has 1 aromatic carbocycles. The van der Waals surface area contributed by atoms with Gasteiger partial charge >= 0.3 is 0 Å². The molecule has 0 amide bonds. The predicted octanol–water partition coefficient (Wildman–Crippen LogP) is 1.90. The first kappa shape index (κ1) is 14.5. The van der Waals surface area contributed by atoms with E-state index in [-0.39, 0.29) is 6.04 Å². The molecule has 1 unspecified atom stereocenters. The molecule has 1 atom stereocenters. The zero-order valence-corrected chi connectivity index (χ0v) is 11.6. The maximum atomic E-state index is 5.55. The maximum Gasteiger partial charge on any atom is 0.247 e. The highest BCUT2D eigenvalue weighted by Gasteiger charge is 2.08. The molecule has 0 aliphatic rings. The van der Waals surface area contributed by atoms with E-state index in [2.05, 4.69) is 15.5 Å². The smallest absolute Gasteiger partial charge is 0.247 e. The van der Waals surface area contributed by atoms with E-state index >= 15 is 0 Å². The number of nitrogens with two attached hydrogens (primary N) is 1. The lowest BCUT2D eigenvalue weighted by Gasteiger charge is -2.19. The molecule has 1 aromatic heterocycles. The molecule has 3 N–H and O–H groups in total. The zero-order chi connectivity index (χ0) is 14.2. The molecule has 2 rings (SSSR count). The Kier molecular flexibility index (Phi) is 5.52. The predicted molar refractivity (Wildman–Crippen MR) is 77.3 cm³/mol. The number of benzene rings is 1. The summed E-state index contributed by atoms with van der Waals surface area (Å²) in [6.07, 6.45) is 3.28. The summed E-state index contributed by atoms with van der Waals surface area (Å²) in [7, 11) is 1.70. The third-order valence-corrected chi connectivity index (χ3v) is 2.99. The second-order valence-corrected chi connectivity index (χ2v) is 4.55. The van der Waals surface area contributed by atoms with Crippen LogP contribution in [0.4, 0.5) is 5.69 Å². The molecule has 0 bridgehead atoms. The molecule has 6 nitrogen and oxygen atoms in total. The fourth-order valence-corrected chi connectivity index (χ4v) is 2.01. The van der Waals surface area contributed by atoms with Gasteiger partial charge in [0.1, 0.15) is 0 Å². The van der Waals surface area contributed by atoms with Crippen molar-refractivity contribution < 1.29 is 9.15 Å². The Labute approximate surface area is 118 Å². The Morgan fingerprint density at radius 1 is 1.35 bits per heavy atom. The fourth-order valence-electron chi connectivity index (χ4n) is 2.01. The first-order chi connectivity index (χ1) is 9.83. The van der Waals surface area contributed by atoms with Gasteiger partial charge in [-0.25, -0.2) is 0 Å². The van der Waals surface area contributed by atoms with Crippen molar-refractivity contribution in [2.24, 2.45) is 5.73 Å². The van der Waals surface area contributed by atoms with E-state index in [1.165, 1.54) is 6.39 Å². The number of hydrogen-bond donors (Lipinski definition) is 2. The highest BCUT2D eigenvalue weighted by atomic mass is 16.5. The van der Waals surface area contributed by atoms with Crippen LogP contribution < -0.4 is 11.1 Å². The summed E-state index contributed by atoms with van der Waals surface area (Å²) >= 11 is 0. The van der Waals surface area contributed by atoms with Gasteiger partial charge in [0.2, 0.25) is 12.3 Å². The number of anilines is 1. The van der Waals surface area contributed by atoms with E-state index in [0.717, 1.165) is 24.1 Å². The number of methoxy groups -OCH3 is 1. The molecule has 6 heteroatoms. The van der Waals surface area contributed by atoms with Gasteiger partial charge in [0.05, 0.1) is 6.61 Å². The quantitative estimate of drug-likeness (QED) is 0.766. The van der Waals surface area contributed by atoms with E-state index in [1.54, 1.807) is 7.11 Å². The Hall–Kier alpha value is -1.92. The number of nitrogens with one attached hydrogen (secondary N) is 1. The van der Waals surface area contributed by atoms with E-state index in [0.29, 0.717) is 19.0 Å². The van der Waals surface area contributed by atoms with Crippen molar-refractivity contribution in [1.82, 2.24) is 10.2 Å². The molecule has 1 heterocycles. The van der Waals surface area contributed by atoms with Crippen LogP contribution >= 0.6 is 0 Å². The average molecular weight is 276 g/mol. The summed E-state index contributed by atoms with van der Waals surface area (Å²) in [6, 6.07) is 8.14. The van der Waals surface area contributed by atoms with Crippen LogP contribution in [0.15, 0.2) is 35.1 Å². The summed E-state index contributed by atoms with van der Waals surface area (Å²) in [5, 5.41) is 11.0. The van der Waals surface area contributed by atoms with Gasteiger partial charge in [-0.1, -0.05) is 0 Å². The number of rotatable bonds is 8. The third-order valence-electron chi connectivity index (χ3n) is 2.99. The van der Waals surface area contributed by atoms with Crippen molar-refractivity contribution in [2.45, 2.75) is 18.9 Å². The fraction of sp³-hybridized carbons (Fsp3) is 0.429. The third kappa shape index (κ3) is 4.04. The molecule has 0 aliphatic heterocycles. The van der Waals surface area contributed by atoms with Crippen molar-refractivity contribution in [3.63, 3.8) is 0 Å². The van der Waals surface area contributed by atoms with Gasteiger partial charge in [-0.3, -0.25) is 0 Å². The molecule has 20 heavy (non-hydrogen) atoms. The lowest BCUT2D eigenvalue weighted by Crippen LogP contribution is -2.25. The highest BCUT2D eigenvalue weighted by Crippen LogP contribution is 2.19. The van der Waals surface area contributed by atoms with Gasteiger partial charge in [0.15, 0.2) is 0 Å². The topological polar surface area (TPSA) is 86.2 Å². The van der Waals surface area contributed by atoms with Crippen LogP contribution in [0, 0.1) is 0 Å². The lowest BCUT2D eigenvalue weighted by molar-refractivity contribution is 0.182. The molecule has 0 saturated carbocycles. The van der Waals surface area contributed by atoms with E-state index in [1.807, 2.05) is 24.3 Å². The van der Waals surface area contributed by atoms with Gasteiger partial charge in [-0.2, -0.15) is 0 Å². The number of ether oxygens (including phenoxy) is 1. The van der Waals surface area contributed by atoms with Crippen molar-refractivity contribution in [2.75, 3.05) is 25.6 Å². The molecular weight excluding hydrogens is 256 g/mol. The van der Waals surface area contributed by atoms with Gasteiger partial charge in [-0.05, 0) is 43.7 Å².